The van der Waals surface area contributed by atoms with Gasteiger partial charge < -0.3 is 15.0 Å². The molecule has 1 atom stereocenters. The molecule has 0 aliphatic carbocycles. The number of hydrogen-bond acceptors (Lipinski definition) is 4. The fourth-order valence-electron chi connectivity index (χ4n) is 1.03. The molecule has 0 saturated heterocycles. The summed E-state index contributed by atoms with van der Waals surface area (Å²) >= 11 is 0. The molecular formula is C9H9O4S-. The Morgan fingerprint density at radius 3 is 2.64 bits per heavy atom. The predicted molar refractivity (Wildman–Crippen MR) is 49.1 cm³/mol. The lowest BCUT2D eigenvalue weighted by Crippen LogP contribution is -2.24. The number of carbonyl (C=O) groups excluding carboxylic acids is 1. The number of rotatable bonds is 4. The second-order valence-electron chi connectivity index (χ2n) is 2.56. The first-order valence-electron chi connectivity index (χ1n) is 3.96. The third-order valence-corrected chi connectivity index (χ3v) is 3.03. The SMILES string of the molecule is O=C([O-])c1ccccc1S(=O)CCO. The van der Waals surface area contributed by atoms with Crippen molar-refractivity contribution in [3.8, 4) is 0 Å². The van der Waals surface area contributed by atoms with Crippen LogP contribution in [0.3, 0.4) is 0 Å². The first-order chi connectivity index (χ1) is 6.66. The van der Waals surface area contributed by atoms with E-state index in [4.69, 9.17) is 5.11 Å². The summed E-state index contributed by atoms with van der Waals surface area (Å²) in [5.41, 5.74) is -0.0840. The van der Waals surface area contributed by atoms with E-state index in [1.807, 2.05) is 0 Å². The Bertz CT molecular complexity index is 362. The van der Waals surface area contributed by atoms with E-state index in [1.54, 1.807) is 6.07 Å². The molecule has 0 aromatic heterocycles. The number of carboxylic acid groups (broad SMARTS) is 1. The van der Waals surface area contributed by atoms with Crippen LogP contribution in [0, 0.1) is 0 Å². The van der Waals surface area contributed by atoms with Gasteiger partial charge in [0, 0.05) is 10.5 Å². The highest BCUT2D eigenvalue weighted by Gasteiger charge is 2.08. The van der Waals surface area contributed by atoms with Gasteiger partial charge in [-0.2, -0.15) is 0 Å². The van der Waals surface area contributed by atoms with E-state index in [-0.39, 0.29) is 22.8 Å². The molecule has 5 heteroatoms. The van der Waals surface area contributed by atoms with Crippen LogP contribution in [0.1, 0.15) is 10.4 Å². The van der Waals surface area contributed by atoms with Gasteiger partial charge in [0.05, 0.1) is 29.1 Å². The highest BCUT2D eigenvalue weighted by Crippen LogP contribution is 2.12. The van der Waals surface area contributed by atoms with Gasteiger partial charge in [-0.05, 0) is 6.07 Å². The van der Waals surface area contributed by atoms with Crippen molar-refractivity contribution in [2.45, 2.75) is 4.90 Å². The van der Waals surface area contributed by atoms with Gasteiger partial charge in [0.2, 0.25) is 0 Å². The zero-order chi connectivity index (χ0) is 10.6. The molecule has 1 unspecified atom stereocenters. The maximum Gasteiger partial charge on any atom is 0.0727 e. The highest BCUT2D eigenvalue weighted by atomic mass is 32.2. The molecule has 0 fully saturated rings. The first-order valence-corrected chi connectivity index (χ1v) is 5.28. The minimum atomic E-state index is -1.49. The number of aliphatic hydroxyl groups is 1. The zero-order valence-electron chi connectivity index (χ0n) is 7.30. The van der Waals surface area contributed by atoms with Crippen molar-refractivity contribution in [2.75, 3.05) is 12.4 Å². The van der Waals surface area contributed by atoms with Crippen molar-refractivity contribution in [1.82, 2.24) is 0 Å². The summed E-state index contributed by atoms with van der Waals surface area (Å²) < 4.78 is 11.4. The molecule has 0 radical (unpaired) electrons. The summed E-state index contributed by atoms with van der Waals surface area (Å²) in [7, 11) is -1.49. The van der Waals surface area contributed by atoms with Gasteiger partial charge in [0.1, 0.15) is 0 Å². The van der Waals surface area contributed by atoms with Gasteiger partial charge in [-0.25, -0.2) is 0 Å². The van der Waals surface area contributed by atoms with E-state index in [2.05, 4.69) is 0 Å². The Balaban J connectivity index is 3.07. The molecule has 1 rings (SSSR count). The number of hydrogen-bond donors (Lipinski definition) is 1. The van der Waals surface area contributed by atoms with Crippen molar-refractivity contribution in [3.05, 3.63) is 29.8 Å². The van der Waals surface area contributed by atoms with Gasteiger partial charge in [-0.3, -0.25) is 4.21 Å². The van der Waals surface area contributed by atoms with Gasteiger partial charge in [0.15, 0.2) is 0 Å². The smallest absolute Gasteiger partial charge is 0.0727 e. The number of aliphatic hydroxyl groups excluding tert-OH is 1. The van der Waals surface area contributed by atoms with Crippen molar-refractivity contribution < 1.29 is 19.2 Å². The lowest BCUT2D eigenvalue weighted by molar-refractivity contribution is -0.255. The number of aromatic carboxylic acids is 1. The lowest BCUT2D eigenvalue weighted by atomic mass is 10.2. The molecule has 1 aromatic carbocycles. The molecular weight excluding hydrogens is 204 g/mol. The van der Waals surface area contributed by atoms with Crippen molar-refractivity contribution in [1.29, 1.82) is 0 Å². The molecule has 0 amide bonds. The second-order valence-corrected chi connectivity index (χ2v) is 4.10. The van der Waals surface area contributed by atoms with E-state index < -0.39 is 16.8 Å². The highest BCUT2D eigenvalue weighted by molar-refractivity contribution is 7.85. The standard InChI is InChI=1S/C9H10O4S/c10-5-6-14(13)8-4-2-1-3-7(8)9(11)12/h1-4,10H,5-6H2,(H,11,12)/p-1. The molecule has 76 valence electrons. The van der Waals surface area contributed by atoms with Crippen molar-refractivity contribution in [3.63, 3.8) is 0 Å². The van der Waals surface area contributed by atoms with Crippen LogP contribution in [0.25, 0.3) is 0 Å². The third kappa shape index (κ3) is 2.40. The third-order valence-electron chi connectivity index (χ3n) is 1.63. The molecule has 4 nitrogen and oxygen atoms in total. The minimum absolute atomic E-state index is 0.0320. The Labute approximate surface area is 83.7 Å². The van der Waals surface area contributed by atoms with E-state index in [0.29, 0.717) is 0 Å². The topological polar surface area (TPSA) is 77.4 Å². The Hall–Kier alpha value is -1.20. The van der Waals surface area contributed by atoms with Crippen LogP contribution in [-0.2, 0) is 10.8 Å². The average molecular weight is 213 g/mol. The molecule has 1 aromatic rings. The summed E-state index contributed by atoms with van der Waals surface area (Å²) in [6, 6.07) is 5.92. The molecule has 0 heterocycles. The summed E-state index contributed by atoms with van der Waals surface area (Å²) in [4.78, 5) is 10.8. The second kappa shape index (κ2) is 4.88. The molecule has 14 heavy (non-hydrogen) atoms. The monoisotopic (exact) mass is 213 g/mol. The molecule has 1 N–H and O–H groups in total. The van der Waals surface area contributed by atoms with E-state index in [1.165, 1.54) is 18.2 Å². The Morgan fingerprint density at radius 1 is 1.43 bits per heavy atom. The first kappa shape index (κ1) is 10.9. The lowest BCUT2D eigenvalue weighted by Gasteiger charge is -2.08. The molecule has 0 bridgehead atoms. The maximum atomic E-state index is 11.4. The summed E-state index contributed by atoms with van der Waals surface area (Å²) in [5.74, 6) is -1.32. The van der Waals surface area contributed by atoms with Crippen molar-refractivity contribution in [2.24, 2.45) is 0 Å². The number of carboxylic acids is 1. The van der Waals surface area contributed by atoms with Crippen molar-refractivity contribution >= 4 is 16.8 Å². The number of benzene rings is 1. The molecule has 0 aliphatic heterocycles. The summed E-state index contributed by atoms with van der Waals surface area (Å²) in [5, 5.41) is 19.2. The van der Waals surface area contributed by atoms with Gasteiger partial charge in [-0.1, -0.05) is 18.2 Å². The largest absolute Gasteiger partial charge is 0.545 e. The van der Waals surface area contributed by atoms with Gasteiger partial charge in [-0.15, -0.1) is 0 Å². The van der Waals surface area contributed by atoms with Crippen LogP contribution < -0.4 is 5.11 Å². The van der Waals surface area contributed by atoms with Crippen LogP contribution >= 0.6 is 0 Å². The van der Waals surface area contributed by atoms with Gasteiger partial charge in [0.25, 0.3) is 0 Å². The summed E-state index contributed by atoms with van der Waals surface area (Å²) in [6.07, 6.45) is 0. The normalized spacial score (nSPS) is 12.4. The van der Waals surface area contributed by atoms with Crippen LogP contribution in [0.5, 0.6) is 0 Å². The maximum absolute atomic E-state index is 11.4. The average Bonchev–Trinajstić information content (AvgIpc) is 2.18. The van der Waals surface area contributed by atoms with E-state index >= 15 is 0 Å². The molecule has 0 spiro atoms. The fraction of sp³-hybridized carbons (Fsp3) is 0.222. The summed E-state index contributed by atoms with van der Waals surface area (Å²) in [6.45, 7) is -0.242. The molecule has 0 saturated carbocycles. The predicted octanol–water partition coefficient (Wildman–Crippen LogP) is -0.850. The fourth-order valence-corrected chi connectivity index (χ4v) is 2.04. The van der Waals surface area contributed by atoms with E-state index in [0.717, 1.165) is 0 Å². The number of carbonyl (C=O) groups is 1. The minimum Gasteiger partial charge on any atom is -0.545 e. The Morgan fingerprint density at radius 2 is 2.07 bits per heavy atom. The quantitative estimate of drug-likeness (QED) is 0.706. The zero-order valence-corrected chi connectivity index (χ0v) is 8.12. The van der Waals surface area contributed by atoms with Crippen LogP contribution in [0.15, 0.2) is 29.2 Å². The van der Waals surface area contributed by atoms with E-state index in [9.17, 15) is 14.1 Å². The Kier molecular flexibility index (Phi) is 3.79. The van der Waals surface area contributed by atoms with Crippen LogP contribution in [0.4, 0.5) is 0 Å². The van der Waals surface area contributed by atoms with Crippen LogP contribution in [0.2, 0.25) is 0 Å². The van der Waals surface area contributed by atoms with Gasteiger partial charge >= 0.3 is 0 Å². The van der Waals surface area contributed by atoms with Crippen LogP contribution in [-0.4, -0.2) is 27.6 Å². The molecule has 0 aliphatic rings.